The van der Waals surface area contributed by atoms with Crippen molar-refractivity contribution in [3.63, 3.8) is 0 Å². The zero-order chi connectivity index (χ0) is 10.7. The quantitative estimate of drug-likeness (QED) is 0.920. The molecular formula is C9H11BrN2OS. The minimum Gasteiger partial charge on any atom is -0.347 e. The first-order valence-corrected chi connectivity index (χ1v) is 5.67. The van der Waals surface area contributed by atoms with Crippen LogP contribution in [-0.2, 0) is 0 Å². The van der Waals surface area contributed by atoms with E-state index in [9.17, 15) is 4.79 Å². The van der Waals surface area contributed by atoms with Crippen LogP contribution in [0.5, 0.6) is 0 Å². The minimum atomic E-state index is -0.0892. The second kappa shape index (κ2) is 4.70. The van der Waals surface area contributed by atoms with Gasteiger partial charge in [-0.15, -0.1) is 11.3 Å². The number of aromatic nitrogens is 1. The van der Waals surface area contributed by atoms with E-state index in [0.29, 0.717) is 11.4 Å². The fraction of sp³-hybridized carbons (Fsp3) is 0.333. The zero-order valence-electron chi connectivity index (χ0n) is 8.06. The van der Waals surface area contributed by atoms with Crippen molar-refractivity contribution in [3.8, 4) is 0 Å². The van der Waals surface area contributed by atoms with Gasteiger partial charge in [-0.2, -0.15) is 0 Å². The number of aryl methyl sites for hydroxylation is 2. The fourth-order valence-corrected chi connectivity index (χ4v) is 1.97. The lowest BCUT2D eigenvalue weighted by Crippen LogP contribution is -2.24. The molecule has 0 spiro atoms. The van der Waals surface area contributed by atoms with E-state index in [-0.39, 0.29) is 5.91 Å². The van der Waals surface area contributed by atoms with Crippen molar-refractivity contribution in [1.29, 1.82) is 0 Å². The number of rotatable bonds is 3. The van der Waals surface area contributed by atoms with Gasteiger partial charge in [0, 0.05) is 11.0 Å². The maximum Gasteiger partial charge on any atom is 0.263 e. The SMILES string of the molecule is C=C(Br)CNC(=O)c1sc(C)nc1C. The van der Waals surface area contributed by atoms with Crippen molar-refractivity contribution >= 4 is 33.2 Å². The summed E-state index contributed by atoms with van der Waals surface area (Å²) in [6, 6.07) is 0. The summed E-state index contributed by atoms with van der Waals surface area (Å²) in [5.41, 5.74) is 0.783. The standard InChI is InChI=1S/C9H11BrN2OS/c1-5(10)4-11-9(13)8-6(2)12-7(3)14-8/h1,4H2,2-3H3,(H,11,13). The molecule has 1 N–H and O–H groups in total. The van der Waals surface area contributed by atoms with E-state index in [0.717, 1.165) is 15.2 Å². The molecule has 0 radical (unpaired) electrons. The Balaban J connectivity index is 2.69. The van der Waals surface area contributed by atoms with Crippen LogP contribution >= 0.6 is 27.3 Å². The smallest absolute Gasteiger partial charge is 0.263 e. The van der Waals surface area contributed by atoms with Crippen LogP contribution in [0.25, 0.3) is 0 Å². The first-order valence-electron chi connectivity index (χ1n) is 4.06. The molecule has 1 aromatic rings. The summed E-state index contributed by atoms with van der Waals surface area (Å²) >= 11 is 4.58. The molecule has 3 nitrogen and oxygen atoms in total. The molecule has 0 fully saturated rings. The van der Waals surface area contributed by atoms with E-state index in [4.69, 9.17) is 0 Å². The van der Waals surface area contributed by atoms with Crippen LogP contribution < -0.4 is 5.32 Å². The van der Waals surface area contributed by atoms with Gasteiger partial charge >= 0.3 is 0 Å². The van der Waals surface area contributed by atoms with Crippen LogP contribution in [0.2, 0.25) is 0 Å². The van der Waals surface area contributed by atoms with E-state index in [2.05, 4.69) is 32.8 Å². The van der Waals surface area contributed by atoms with E-state index in [1.54, 1.807) is 0 Å². The van der Waals surface area contributed by atoms with Crippen molar-refractivity contribution < 1.29 is 4.79 Å². The van der Waals surface area contributed by atoms with Crippen molar-refractivity contribution in [2.75, 3.05) is 6.54 Å². The van der Waals surface area contributed by atoms with Crippen LogP contribution in [0.15, 0.2) is 11.1 Å². The molecule has 0 saturated carbocycles. The van der Waals surface area contributed by atoms with E-state index in [1.807, 2.05) is 13.8 Å². The predicted molar refractivity (Wildman–Crippen MR) is 62.0 cm³/mol. The number of nitrogens with zero attached hydrogens (tertiary/aromatic N) is 1. The van der Waals surface area contributed by atoms with Crippen LogP contribution in [0.3, 0.4) is 0 Å². The third-order valence-corrected chi connectivity index (χ3v) is 2.90. The molecule has 0 atom stereocenters. The zero-order valence-corrected chi connectivity index (χ0v) is 10.5. The molecule has 5 heteroatoms. The Morgan fingerprint density at radius 2 is 2.29 bits per heavy atom. The van der Waals surface area contributed by atoms with Crippen LogP contribution in [0.4, 0.5) is 0 Å². The van der Waals surface area contributed by atoms with Gasteiger partial charge in [0.05, 0.1) is 10.7 Å². The Morgan fingerprint density at radius 1 is 1.64 bits per heavy atom. The molecule has 0 unspecified atom stereocenters. The lowest BCUT2D eigenvalue weighted by Gasteiger charge is -2.01. The van der Waals surface area contributed by atoms with E-state index < -0.39 is 0 Å². The summed E-state index contributed by atoms with van der Waals surface area (Å²) in [6.07, 6.45) is 0. The van der Waals surface area contributed by atoms with Gasteiger partial charge in [-0.3, -0.25) is 4.79 Å². The number of halogens is 1. The van der Waals surface area contributed by atoms with Crippen molar-refractivity contribution in [2.24, 2.45) is 0 Å². The number of carbonyl (C=O) groups excluding carboxylic acids is 1. The van der Waals surface area contributed by atoms with E-state index in [1.165, 1.54) is 11.3 Å². The minimum absolute atomic E-state index is 0.0892. The summed E-state index contributed by atoms with van der Waals surface area (Å²) < 4.78 is 0.754. The van der Waals surface area contributed by atoms with Gasteiger partial charge in [0.2, 0.25) is 0 Å². The third kappa shape index (κ3) is 2.92. The second-order valence-corrected chi connectivity index (χ2v) is 5.17. The summed E-state index contributed by atoms with van der Waals surface area (Å²) in [5.74, 6) is -0.0892. The number of amides is 1. The maximum absolute atomic E-state index is 11.6. The lowest BCUT2D eigenvalue weighted by molar-refractivity contribution is 0.0961. The molecule has 1 heterocycles. The second-order valence-electron chi connectivity index (χ2n) is 2.85. The fourth-order valence-electron chi connectivity index (χ4n) is 0.998. The number of carbonyl (C=O) groups is 1. The first kappa shape index (κ1) is 11.4. The number of hydrogen-bond acceptors (Lipinski definition) is 3. The Kier molecular flexibility index (Phi) is 3.83. The van der Waals surface area contributed by atoms with Crippen molar-refractivity contribution in [3.05, 3.63) is 26.6 Å². The van der Waals surface area contributed by atoms with Gasteiger partial charge in [-0.25, -0.2) is 4.98 Å². The molecule has 1 amide bonds. The molecule has 1 aromatic heterocycles. The maximum atomic E-state index is 11.6. The highest BCUT2D eigenvalue weighted by molar-refractivity contribution is 9.11. The molecule has 0 aromatic carbocycles. The number of hydrogen-bond donors (Lipinski definition) is 1. The van der Waals surface area contributed by atoms with Gasteiger partial charge in [0.25, 0.3) is 5.91 Å². The van der Waals surface area contributed by atoms with Crippen molar-refractivity contribution in [1.82, 2.24) is 10.3 Å². The van der Waals surface area contributed by atoms with Gasteiger partial charge in [0.1, 0.15) is 4.88 Å². The number of thiazole rings is 1. The third-order valence-electron chi connectivity index (χ3n) is 1.55. The number of nitrogens with one attached hydrogen (secondary N) is 1. The largest absolute Gasteiger partial charge is 0.347 e. The topological polar surface area (TPSA) is 42.0 Å². The first-order chi connectivity index (χ1) is 6.50. The van der Waals surface area contributed by atoms with Gasteiger partial charge < -0.3 is 5.32 Å². The Morgan fingerprint density at radius 3 is 2.71 bits per heavy atom. The van der Waals surface area contributed by atoms with Crippen molar-refractivity contribution in [2.45, 2.75) is 13.8 Å². The van der Waals surface area contributed by atoms with Crippen LogP contribution in [0.1, 0.15) is 20.4 Å². The van der Waals surface area contributed by atoms with Crippen LogP contribution in [-0.4, -0.2) is 17.4 Å². The highest BCUT2D eigenvalue weighted by Crippen LogP contribution is 2.16. The average Bonchev–Trinajstić information content (AvgIpc) is 2.41. The molecule has 76 valence electrons. The van der Waals surface area contributed by atoms with E-state index >= 15 is 0 Å². The summed E-state index contributed by atoms with van der Waals surface area (Å²) in [5, 5.41) is 3.65. The average molecular weight is 275 g/mol. The highest BCUT2D eigenvalue weighted by Gasteiger charge is 2.12. The summed E-state index contributed by atoms with van der Waals surface area (Å²) in [7, 11) is 0. The predicted octanol–water partition coefficient (Wildman–Crippen LogP) is 2.40. The molecule has 0 aliphatic carbocycles. The Hall–Kier alpha value is -0.680. The normalized spacial score (nSPS) is 9.93. The van der Waals surface area contributed by atoms with Crippen LogP contribution in [0, 0.1) is 13.8 Å². The van der Waals surface area contributed by atoms with Gasteiger partial charge in [-0.1, -0.05) is 22.5 Å². The summed E-state index contributed by atoms with van der Waals surface area (Å²) in [4.78, 5) is 16.4. The monoisotopic (exact) mass is 274 g/mol. The molecule has 0 aliphatic heterocycles. The van der Waals surface area contributed by atoms with Gasteiger partial charge in [-0.05, 0) is 13.8 Å². The molecular weight excluding hydrogens is 264 g/mol. The molecule has 0 aliphatic rings. The Bertz CT molecular complexity index is 373. The lowest BCUT2D eigenvalue weighted by atomic mass is 10.4. The Labute approximate surface area is 95.4 Å². The molecule has 1 rings (SSSR count). The molecule has 0 bridgehead atoms. The molecule has 14 heavy (non-hydrogen) atoms. The highest BCUT2D eigenvalue weighted by atomic mass is 79.9. The molecule has 0 saturated heterocycles. The van der Waals surface area contributed by atoms with Gasteiger partial charge in [0.15, 0.2) is 0 Å². The summed E-state index contributed by atoms with van der Waals surface area (Å²) in [6.45, 7) is 7.80.